The molecule has 4 aromatic heterocycles. The fraction of sp³-hybridized carbons (Fsp3) is 0.370. The minimum Gasteiger partial charge on any atom is -0.474 e. The van der Waals surface area contributed by atoms with Crippen molar-refractivity contribution in [3.8, 4) is 17.0 Å². The van der Waals surface area contributed by atoms with Gasteiger partial charge in [-0.3, -0.25) is 14.3 Å². The Balaban J connectivity index is 1.08. The van der Waals surface area contributed by atoms with Gasteiger partial charge < -0.3 is 20.2 Å². The molecule has 0 saturated heterocycles. The summed E-state index contributed by atoms with van der Waals surface area (Å²) in [5.41, 5.74) is 10.2. The summed E-state index contributed by atoms with van der Waals surface area (Å²) in [6, 6.07) is 7.36. The molecule has 1 spiro atoms. The summed E-state index contributed by atoms with van der Waals surface area (Å²) in [5, 5.41) is 7.60. The van der Waals surface area contributed by atoms with E-state index >= 15 is 0 Å². The third kappa shape index (κ3) is 4.02. The highest BCUT2D eigenvalue weighted by Gasteiger charge is 2.54. The highest BCUT2D eigenvalue weighted by molar-refractivity contribution is 5.99. The third-order valence-electron chi connectivity index (χ3n) is 7.68. The van der Waals surface area contributed by atoms with Gasteiger partial charge in [0.1, 0.15) is 17.5 Å². The number of hydrogen-bond donors (Lipinski definition) is 2. The number of imidazole rings is 1. The van der Waals surface area contributed by atoms with Gasteiger partial charge >= 0.3 is 0 Å². The predicted molar refractivity (Wildman–Crippen MR) is 136 cm³/mol. The first kappa shape index (κ1) is 23.2. The van der Waals surface area contributed by atoms with Crippen molar-refractivity contribution in [1.29, 1.82) is 0 Å². The molecule has 10 heteroatoms. The fourth-order valence-electron chi connectivity index (χ4n) is 5.94. The number of rotatable bonds is 6. The monoisotopic (exact) mass is 499 g/mol. The summed E-state index contributed by atoms with van der Waals surface area (Å²) in [4.78, 5) is 33.5. The van der Waals surface area contributed by atoms with Gasteiger partial charge in [-0.1, -0.05) is 6.07 Å². The van der Waals surface area contributed by atoms with Crippen LogP contribution < -0.4 is 15.8 Å². The van der Waals surface area contributed by atoms with Gasteiger partial charge in [0.15, 0.2) is 5.69 Å². The number of primary amides is 1. The first-order chi connectivity index (χ1) is 17.7. The van der Waals surface area contributed by atoms with E-state index in [1.165, 1.54) is 0 Å². The molecule has 2 aliphatic rings. The molecule has 0 aliphatic heterocycles. The Morgan fingerprint density at radius 2 is 1.92 bits per heavy atom. The number of nitrogens with one attached hydrogen (secondary N) is 1. The van der Waals surface area contributed by atoms with Gasteiger partial charge in [0.25, 0.3) is 11.8 Å². The zero-order valence-electron chi connectivity index (χ0n) is 21.1. The molecule has 3 N–H and O–H groups in total. The maximum Gasteiger partial charge on any atom is 0.272 e. The minimum absolute atomic E-state index is 0.00188. The van der Waals surface area contributed by atoms with Crippen LogP contribution in [0.4, 0.5) is 0 Å². The summed E-state index contributed by atoms with van der Waals surface area (Å²) >= 11 is 0. The van der Waals surface area contributed by atoms with E-state index in [0.717, 1.165) is 53.8 Å². The first-order valence-corrected chi connectivity index (χ1v) is 12.4. The van der Waals surface area contributed by atoms with Crippen molar-refractivity contribution < 1.29 is 14.3 Å². The second kappa shape index (κ2) is 8.43. The Labute approximate surface area is 213 Å². The van der Waals surface area contributed by atoms with Crippen LogP contribution in [0.1, 0.15) is 58.0 Å². The number of aryl methyl sites for hydroxylation is 3. The Hall–Kier alpha value is -4.21. The topological polar surface area (TPSA) is 129 Å². The molecule has 4 heterocycles. The van der Waals surface area contributed by atoms with Gasteiger partial charge in [0.2, 0.25) is 5.88 Å². The van der Waals surface area contributed by atoms with E-state index in [2.05, 4.69) is 20.4 Å². The first-order valence-electron chi connectivity index (χ1n) is 12.4. The number of carbonyl (C=O) groups is 2. The number of nitrogens with zero attached hydrogens (tertiary/aromatic N) is 5. The number of fused-ring (bicyclic) bond motifs is 1. The molecule has 2 aliphatic carbocycles. The molecule has 0 unspecified atom stereocenters. The smallest absolute Gasteiger partial charge is 0.272 e. The minimum atomic E-state index is -0.547. The van der Waals surface area contributed by atoms with Gasteiger partial charge in [-0.15, -0.1) is 0 Å². The molecule has 0 bridgehead atoms. The van der Waals surface area contributed by atoms with Crippen molar-refractivity contribution in [3.63, 3.8) is 0 Å². The summed E-state index contributed by atoms with van der Waals surface area (Å²) < 4.78 is 9.71. The molecule has 10 nitrogen and oxygen atoms in total. The lowest BCUT2D eigenvalue weighted by Crippen LogP contribution is -2.58. The van der Waals surface area contributed by atoms with Crippen LogP contribution in [0.5, 0.6) is 5.88 Å². The van der Waals surface area contributed by atoms with Crippen LogP contribution in [-0.2, 0) is 7.05 Å². The average molecular weight is 500 g/mol. The Morgan fingerprint density at radius 3 is 2.62 bits per heavy atom. The van der Waals surface area contributed by atoms with Gasteiger partial charge in [-0.2, -0.15) is 5.10 Å². The summed E-state index contributed by atoms with van der Waals surface area (Å²) in [7, 11) is 1.90. The molecule has 2 amide bonds. The zero-order chi connectivity index (χ0) is 25.9. The van der Waals surface area contributed by atoms with E-state index in [4.69, 9.17) is 10.5 Å². The van der Waals surface area contributed by atoms with Gasteiger partial charge in [-0.05, 0) is 63.1 Å². The number of hydrogen-bond acceptors (Lipinski definition) is 6. The van der Waals surface area contributed by atoms with Crippen molar-refractivity contribution in [1.82, 2.24) is 29.5 Å². The van der Waals surface area contributed by atoms with Crippen molar-refractivity contribution in [2.75, 3.05) is 0 Å². The van der Waals surface area contributed by atoms with E-state index in [0.29, 0.717) is 17.1 Å². The maximum absolute atomic E-state index is 13.1. The zero-order valence-corrected chi connectivity index (χ0v) is 21.1. The van der Waals surface area contributed by atoms with E-state index in [1.807, 2.05) is 49.8 Å². The average Bonchev–Trinajstić information content (AvgIpc) is 3.34. The van der Waals surface area contributed by atoms with Gasteiger partial charge in [0.05, 0.1) is 11.2 Å². The molecule has 2 saturated carbocycles. The Kier molecular flexibility index (Phi) is 5.29. The molecule has 0 radical (unpaired) electrons. The van der Waals surface area contributed by atoms with Crippen molar-refractivity contribution in [3.05, 3.63) is 65.6 Å². The predicted octanol–water partition coefficient (Wildman–Crippen LogP) is 2.97. The van der Waals surface area contributed by atoms with Crippen LogP contribution >= 0.6 is 0 Å². The van der Waals surface area contributed by atoms with Crippen LogP contribution in [0.2, 0.25) is 0 Å². The quantitative estimate of drug-likeness (QED) is 0.420. The molecule has 4 aromatic rings. The van der Waals surface area contributed by atoms with Crippen LogP contribution in [0, 0.1) is 19.3 Å². The number of amides is 2. The van der Waals surface area contributed by atoms with Crippen LogP contribution in [-0.4, -0.2) is 48.1 Å². The summed E-state index contributed by atoms with van der Waals surface area (Å²) in [5.74, 6) is 0.358. The fourth-order valence-corrected chi connectivity index (χ4v) is 5.94. The van der Waals surface area contributed by atoms with Crippen LogP contribution in [0.25, 0.3) is 16.6 Å². The van der Waals surface area contributed by atoms with Gasteiger partial charge in [0, 0.05) is 42.8 Å². The largest absolute Gasteiger partial charge is 0.474 e. The normalized spacial score (nSPS) is 22.5. The van der Waals surface area contributed by atoms with Crippen LogP contribution in [0.15, 0.2) is 42.9 Å². The van der Waals surface area contributed by atoms with E-state index < -0.39 is 5.91 Å². The lowest BCUT2D eigenvalue weighted by molar-refractivity contribution is -0.0848. The highest BCUT2D eigenvalue weighted by atomic mass is 16.5. The summed E-state index contributed by atoms with van der Waals surface area (Å²) in [6.07, 6.45) is 9.14. The van der Waals surface area contributed by atoms with E-state index in [-0.39, 0.29) is 23.5 Å². The van der Waals surface area contributed by atoms with Gasteiger partial charge in [-0.25, -0.2) is 9.97 Å². The standard InChI is InChI=1S/C27H29N7O3/c1-15-21(14-33(3)32-15)17-6-7-22-23(30-16(2)34(22)13-17)25(36)31-18-9-27(10-18)11-19(12-27)37-26-20(24(28)35)5-4-8-29-26/h4-8,13-14,18-19H,9-12H2,1-3H3,(H2,28,35)(H,31,36). The SMILES string of the molecule is Cc1nn(C)cc1-c1ccc2c(C(=O)NC3CC4(C3)CC(Oc3ncccc3C(N)=O)C4)nc(C)n2c1. The highest BCUT2D eigenvalue weighted by Crippen LogP contribution is 2.56. The molecule has 6 rings (SSSR count). The molecule has 0 atom stereocenters. The van der Waals surface area contributed by atoms with Crippen molar-refractivity contribution in [2.24, 2.45) is 18.2 Å². The number of carbonyl (C=O) groups excluding carboxylic acids is 2. The summed E-state index contributed by atoms with van der Waals surface area (Å²) in [6.45, 7) is 3.89. The molecule has 190 valence electrons. The second-order valence-electron chi connectivity index (χ2n) is 10.4. The lowest BCUT2D eigenvalue weighted by Gasteiger charge is -2.57. The number of nitrogens with two attached hydrogens (primary N) is 1. The Morgan fingerprint density at radius 1 is 1.14 bits per heavy atom. The number of ether oxygens (including phenoxy) is 1. The molecular formula is C27H29N7O3. The van der Waals surface area contributed by atoms with Crippen molar-refractivity contribution >= 4 is 17.3 Å². The molecule has 37 heavy (non-hydrogen) atoms. The lowest BCUT2D eigenvalue weighted by atomic mass is 9.53. The van der Waals surface area contributed by atoms with Crippen molar-refractivity contribution in [2.45, 2.75) is 51.7 Å². The van der Waals surface area contributed by atoms with E-state index in [1.54, 1.807) is 23.0 Å². The van der Waals surface area contributed by atoms with E-state index in [9.17, 15) is 9.59 Å². The molecule has 0 aromatic carbocycles. The number of aromatic nitrogens is 5. The maximum atomic E-state index is 13.1. The molecule has 2 fully saturated rings. The molecular weight excluding hydrogens is 470 g/mol. The Bertz CT molecular complexity index is 1540. The van der Waals surface area contributed by atoms with Crippen LogP contribution in [0.3, 0.4) is 0 Å². The second-order valence-corrected chi connectivity index (χ2v) is 10.4. The third-order valence-corrected chi connectivity index (χ3v) is 7.68. The number of pyridine rings is 2.